The molecule has 0 aromatic carbocycles. The van der Waals surface area contributed by atoms with Gasteiger partial charge in [-0.25, -0.2) is 4.79 Å². The average Bonchev–Trinajstić information content (AvgIpc) is 3.58. The van der Waals surface area contributed by atoms with Crippen molar-refractivity contribution in [2.75, 3.05) is 13.1 Å². The second-order valence-corrected chi connectivity index (χ2v) is 15.4. The van der Waals surface area contributed by atoms with Gasteiger partial charge in [-0.1, -0.05) is 84.3 Å². The highest BCUT2D eigenvalue weighted by molar-refractivity contribution is 5.82. The van der Waals surface area contributed by atoms with Crippen molar-refractivity contribution in [3.05, 3.63) is 11.6 Å². The minimum atomic E-state index is -0.472. The number of nitrogens with one attached hydrogen (secondary N) is 1. The molecule has 3 saturated carbocycles. The smallest absolute Gasteiger partial charge is 0.407 e. The lowest BCUT2D eigenvalue weighted by atomic mass is 9.47. The monoisotopic (exact) mass is 584 g/mol. The number of rotatable bonds is 11. The molecular formula is C37H62N2O3. The maximum absolute atomic E-state index is 12.8. The molecule has 238 valence electrons. The van der Waals surface area contributed by atoms with E-state index in [0.29, 0.717) is 17.9 Å². The first kappa shape index (κ1) is 30.5. The van der Waals surface area contributed by atoms with Crippen molar-refractivity contribution in [1.82, 2.24) is 10.2 Å². The molecule has 5 nitrogen and oxygen atoms in total. The van der Waals surface area contributed by atoms with Gasteiger partial charge in [-0.15, -0.1) is 0 Å². The van der Waals surface area contributed by atoms with Crippen molar-refractivity contribution in [3.8, 4) is 0 Å². The van der Waals surface area contributed by atoms with E-state index in [1.807, 2.05) is 0 Å². The van der Waals surface area contributed by atoms with Gasteiger partial charge < -0.3 is 15.0 Å². The van der Waals surface area contributed by atoms with Gasteiger partial charge in [0, 0.05) is 20.4 Å². The first-order valence-corrected chi connectivity index (χ1v) is 18.0. The summed E-state index contributed by atoms with van der Waals surface area (Å²) in [6.07, 6.45) is 23.5. The van der Waals surface area contributed by atoms with E-state index in [4.69, 9.17) is 6.11 Å². The highest BCUT2D eigenvalue weighted by Crippen LogP contribution is 2.66. The number of alkyl carbamates (subject to hydrolysis) is 1. The van der Waals surface area contributed by atoms with E-state index in [0.717, 1.165) is 55.8 Å². The Labute approximate surface area is 258 Å². The minimum Gasteiger partial charge on any atom is -0.446 e. The van der Waals surface area contributed by atoms with Crippen LogP contribution in [0, 0.1) is 40.4 Å². The van der Waals surface area contributed by atoms with Gasteiger partial charge in [-0.2, -0.15) is 0 Å². The highest BCUT2D eigenvalue weighted by Gasteiger charge is 2.58. The Balaban J connectivity index is 1.11. The van der Waals surface area contributed by atoms with E-state index in [1.54, 1.807) is 4.90 Å². The molecule has 5 heteroatoms. The van der Waals surface area contributed by atoms with E-state index >= 15 is 0 Å². The second kappa shape index (κ2) is 13.6. The summed E-state index contributed by atoms with van der Waals surface area (Å²) in [4.78, 5) is 27.4. The third-order valence-corrected chi connectivity index (χ3v) is 13.3. The molecule has 0 spiro atoms. The standard InChI is InChI=1S/C37H62N2O3/c1-6-8-9-10-11-12-13-28-15-17-32-31-16-14-29-24-30(18-21-37(29,5)33(31)19-22-36(28,32)4)42-35(41)38-25-34(40)39-23-20-27(7-2)26(39)3/h14,26-28,30-33H,6-13,15-25H2,1-5H3,(H,38,41)/t26-,27-,28-,30?,31?,32?,33?,36+,37-/m0/s1/i3T. The van der Waals surface area contributed by atoms with Gasteiger partial charge in [0.1, 0.15) is 12.6 Å². The van der Waals surface area contributed by atoms with Crippen LogP contribution < -0.4 is 5.32 Å². The van der Waals surface area contributed by atoms with Crippen LogP contribution in [0.4, 0.5) is 4.79 Å². The minimum absolute atomic E-state index is 0.0264. The largest absolute Gasteiger partial charge is 0.446 e. The molecular weight excluding hydrogens is 520 g/mol. The number of ether oxygens (including phenoxy) is 1. The summed E-state index contributed by atoms with van der Waals surface area (Å²) in [5, 5.41) is 2.74. The van der Waals surface area contributed by atoms with E-state index in [9.17, 15) is 9.59 Å². The number of hydrogen-bond donors (Lipinski definition) is 1. The fourth-order valence-electron chi connectivity index (χ4n) is 10.6. The summed E-state index contributed by atoms with van der Waals surface area (Å²) in [7, 11) is 0. The molecule has 1 aliphatic heterocycles. The maximum Gasteiger partial charge on any atom is 0.407 e. The zero-order valence-electron chi connectivity index (χ0n) is 28.4. The van der Waals surface area contributed by atoms with Crippen molar-refractivity contribution >= 4 is 12.0 Å². The first-order valence-electron chi connectivity index (χ1n) is 18.7. The Bertz CT molecular complexity index is 1000. The van der Waals surface area contributed by atoms with Crippen molar-refractivity contribution in [1.29, 1.82) is 0 Å². The fourth-order valence-corrected chi connectivity index (χ4v) is 10.6. The summed E-state index contributed by atoms with van der Waals surface area (Å²) in [5.74, 6) is 3.69. The molecule has 4 unspecified atom stereocenters. The van der Waals surface area contributed by atoms with Crippen molar-refractivity contribution in [2.45, 2.75) is 156 Å². The van der Waals surface area contributed by atoms with Crippen LogP contribution in [-0.4, -0.2) is 42.1 Å². The molecule has 2 amide bonds. The molecule has 1 saturated heterocycles. The fraction of sp³-hybridized carbons (Fsp3) is 0.892. The van der Waals surface area contributed by atoms with E-state index in [1.165, 1.54) is 82.6 Å². The number of fused-ring (bicyclic) bond motifs is 5. The third kappa shape index (κ3) is 6.32. The number of unbranched alkanes of at least 4 members (excludes halogenated alkanes) is 5. The van der Waals surface area contributed by atoms with Crippen molar-refractivity contribution in [3.63, 3.8) is 0 Å². The SMILES string of the molecule is [3H]C[C@H]1[C@@H](CC)CCN1C(=O)CNC(=O)OC1CC[C@@]2(C)C(=CCC3C2CC[C@@]2(C)C3CC[C@@H]2CCCCCCCC)C1. The van der Waals surface area contributed by atoms with Gasteiger partial charge in [0.05, 0.1) is 0 Å². The number of hydrogen-bond acceptors (Lipinski definition) is 3. The number of amides is 2. The molecule has 0 aromatic heterocycles. The molecule has 5 rings (SSSR count). The zero-order valence-corrected chi connectivity index (χ0v) is 27.4. The topological polar surface area (TPSA) is 58.6 Å². The van der Waals surface area contributed by atoms with Gasteiger partial charge in [0.25, 0.3) is 0 Å². The second-order valence-electron chi connectivity index (χ2n) is 15.4. The molecule has 0 aromatic rings. The lowest BCUT2D eigenvalue weighted by molar-refractivity contribution is -0.131. The van der Waals surface area contributed by atoms with Crippen LogP contribution in [0.3, 0.4) is 0 Å². The number of allylic oxidation sites excluding steroid dienone is 1. The summed E-state index contributed by atoms with van der Waals surface area (Å²) in [6, 6.07) is -0.0264. The predicted molar refractivity (Wildman–Crippen MR) is 171 cm³/mol. The molecule has 5 aliphatic rings. The molecule has 1 heterocycles. The number of carbonyl (C=O) groups is 2. The van der Waals surface area contributed by atoms with Crippen LogP contribution in [0.15, 0.2) is 11.6 Å². The van der Waals surface area contributed by atoms with E-state index in [-0.39, 0.29) is 36.9 Å². The van der Waals surface area contributed by atoms with Crippen LogP contribution in [0.1, 0.15) is 145 Å². The molecule has 42 heavy (non-hydrogen) atoms. The summed E-state index contributed by atoms with van der Waals surface area (Å²) < 4.78 is 13.8. The number of likely N-dealkylation sites (tertiary alicyclic amines) is 1. The predicted octanol–water partition coefficient (Wildman–Crippen LogP) is 9.06. The maximum atomic E-state index is 12.8. The van der Waals surface area contributed by atoms with Crippen LogP contribution in [0.5, 0.6) is 0 Å². The Kier molecular flexibility index (Phi) is 9.90. The van der Waals surface area contributed by atoms with Crippen molar-refractivity contribution < 1.29 is 15.7 Å². The van der Waals surface area contributed by atoms with Gasteiger partial charge >= 0.3 is 6.09 Å². The van der Waals surface area contributed by atoms with Crippen LogP contribution in [0.25, 0.3) is 0 Å². The molecule has 9 atom stereocenters. The summed E-state index contributed by atoms with van der Waals surface area (Å²) in [5.41, 5.74) is 2.31. The van der Waals surface area contributed by atoms with Crippen LogP contribution in [0.2, 0.25) is 0 Å². The van der Waals surface area contributed by atoms with Gasteiger partial charge in [0.2, 0.25) is 5.91 Å². The lowest BCUT2D eigenvalue weighted by Crippen LogP contribution is -2.50. The quantitative estimate of drug-likeness (QED) is 0.195. The Morgan fingerprint density at radius 1 is 1.02 bits per heavy atom. The average molecular weight is 585 g/mol. The molecule has 0 bridgehead atoms. The molecule has 1 N–H and O–H groups in total. The van der Waals surface area contributed by atoms with E-state index < -0.39 is 6.09 Å². The van der Waals surface area contributed by atoms with Crippen LogP contribution in [-0.2, 0) is 9.53 Å². The Morgan fingerprint density at radius 2 is 1.83 bits per heavy atom. The van der Waals surface area contributed by atoms with E-state index in [2.05, 4.69) is 39.1 Å². The Hall–Kier alpha value is -1.52. The molecule has 0 radical (unpaired) electrons. The Morgan fingerprint density at radius 3 is 2.62 bits per heavy atom. The normalized spacial score (nSPS) is 39.5. The molecule has 4 fully saturated rings. The third-order valence-electron chi connectivity index (χ3n) is 13.3. The lowest BCUT2D eigenvalue weighted by Gasteiger charge is -2.58. The van der Waals surface area contributed by atoms with Gasteiger partial charge in [0.15, 0.2) is 0 Å². The zero-order chi connectivity index (χ0) is 30.6. The highest BCUT2D eigenvalue weighted by atomic mass is 16.6. The molecule has 4 aliphatic carbocycles. The van der Waals surface area contributed by atoms with Crippen LogP contribution >= 0.6 is 0 Å². The summed E-state index contributed by atoms with van der Waals surface area (Å²) >= 11 is 0. The number of carbonyl (C=O) groups excluding carboxylic acids is 2. The number of nitrogens with zero attached hydrogens (tertiary/aromatic N) is 1. The first-order chi connectivity index (χ1) is 20.7. The van der Waals surface area contributed by atoms with Gasteiger partial charge in [-0.05, 0) is 105 Å². The van der Waals surface area contributed by atoms with Gasteiger partial charge in [-0.3, -0.25) is 4.79 Å². The summed E-state index contributed by atoms with van der Waals surface area (Å²) in [6.45, 7) is 10.5. The van der Waals surface area contributed by atoms with Crippen molar-refractivity contribution in [2.24, 2.45) is 40.4 Å².